The van der Waals surface area contributed by atoms with E-state index in [9.17, 15) is 4.79 Å². The van der Waals surface area contributed by atoms with Crippen molar-refractivity contribution >= 4 is 27.6 Å². The van der Waals surface area contributed by atoms with Crippen molar-refractivity contribution in [3.8, 4) is 0 Å². The fourth-order valence-electron chi connectivity index (χ4n) is 2.20. The molecule has 3 nitrogen and oxygen atoms in total. The van der Waals surface area contributed by atoms with Gasteiger partial charge in [-0.25, -0.2) is 0 Å². The maximum atomic E-state index is 11.4. The van der Waals surface area contributed by atoms with Crippen molar-refractivity contribution in [1.29, 1.82) is 0 Å². The lowest BCUT2D eigenvalue weighted by Crippen LogP contribution is -2.37. The number of carbonyl (C=O) groups excluding carboxylic acids is 1. The van der Waals surface area contributed by atoms with Gasteiger partial charge in [-0.3, -0.25) is 4.79 Å². The quantitative estimate of drug-likeness (QED) is 0.634. The van der Waals surface area contributed by atoms with Crippen molar-refractivity contribution in [1.82, 2.24) is 0 Å². The van der Waals surface area contributed by atoms with Crippen LogP contribution in [0.25, 0.3) is 0 Å². The van der Waals surface area contributed by atoms with Gasteiger partial charge in [0.1, 0.15) is 4.83 Å². The van der Waals surface area contributed by atoms with Crippen LogP contribution in [-0.4, -0.2) is 31.0 Å². The highest BCUT2D eigenvalue weighted by Crippen LogP contribution is 2.27. The van der Waals surface area contributed by atoms with Crippen LogP contribution in [0.15, 0.2) is 24.3 Å². The number of para-hydroxylation sites is 1. The first-order valence-corrected chi connectivity index (χ1v) is 6.68. The van der Waals surface area contributed by atoms with Crippen LogP contribution in [0.4, 0.5) is 5.69 Å². The maximum absolute atomic E-state index is 11.4. The molecule has 1 heterocycles. The Labute approximate surface area is 110 Å². The Kier molecular flexibility index (Phi) is 4.05. The van der Waals surface area contributed by atoms with Gasteiger partial charge in [-0.2, -0.15) is 0 Å². The van der Waals surface area contributed by atoms with E-state index in [4.69, 9.17) is 4.74 Å². The summed E-state index contributed by atoms with van der Waals surface area (Å²) in [5.74, 6) is -0.215. The molecule has 92 valence electrons. The number of rotatable bonds is 3. The molecule has 0 amide bonds. The normalized spacial score (nSPS) is 16.2. The van der Waals surface area contributed by atoms with Gasteiger partial charge >= 0.3 is 5.97 Å². The van der Waals surface area contributed by atoms with Gasteiger partial charge in [0.2, 0.25) is 0 Å². The van der Waals surface area contributed by atoms with E-state index in [1.54, 1.807) is 0 Å². The summed E-state index contributed by atoms with van der Waals surface area (Å²) < 4.78 is 4.73. The number of esters is 1. The van der Waals surface area contributed by atoms with Crippen LogP contribution < -0.4 is 4.90 Å². The van der Waals surface area contributed by atoms with Gasteiger partial charge in [0.25, 0.3) is 0 Å². The molecule has 1 aliphatic rings. The Hall–Kier alpha value is -1.03. The summed E-state index contributed by atoms with van der Waals surface area (Å²) in [4.78, 5) is 13.4. The first-order valence-electron chi connectivity index (χ1n) is 5.77. The summed E-state index contributed by atoms with van der Waals surface area (Å²) in [6, 6.07) is 8.38. The van der Waals surface area contributed by atoms with E-state index in [1.165, 1.54) is 18.4 Å². The smallest absolute Gasteiger partial charge is 0.321 e. The van der Waals surface area contributed by atoms with E-state index in [0.29, 0.717) is 6.54 Å². The number of methoxy groups -OCH3 is 1. The summed E-state index contributed by atoms with van der Waals surface area (Å²) in [6.45, 7) is 1.65. The van der Waals surface area contributed by atoms with Crippen molar-refractivity contribution in [2.24, 2.45) is 0 Å². The molecule has 1 aromatic rings. The van der Waals surface area contributed by atoms with Gasteiger partial charge < -0.3 is 9.64 Å². The van der Waals surface area contributed by atoms with E-state index in [0.717, 1.165) is 19.4 Å². The topological polar surface area (TPSA) is 29.5 Å². The average Bonchev–Trinajstić information content (AvgIpc) is 2.38. The van der Waals surface area contributed by atoms with Gasteiger partial charge in [0, 0.05) is 18.8 Å². The Balaban J connectivity index is 2.11. The van der Waals surface area contributed by atoms with E-state index >= 15 is 0 Å². The summed E-state index contributed by atoms with van der Waals surface area (Å²) in [6.07, 6.45) is 2.26. The largest absolute Gasteiger partial charge is 0.468 e. The van der Waals surface area contributed by atoms with E-state index < -0.39 is 0 Å². The lowest BCUT2D eigenvalue weighted by atomic mass is 10.0. The molecule has 0 radical (unpaired) electrons. The summed E-state index contributed by atoms with van der Waals surface area (Å²) in [5.41, 5.74) is 2.61. The van der Waals surface area contributed by atoms with Gasteiger partial charge in [-0.15, -0.1) is 0 Å². The second kappa shape index (κ2) is 5.54. The van der Waals surface area contributed by atoms with Crippen LogP contribution >= 0.6 is 15.9 Å². The molecule has 2 rings (SSSR count). The Bertz CT molecular complexity index is 408. The number of aryl methyl sites for hydroxylation is 1. The third-order valence-corrected chi connectivity index (χ3v) is 3.71. The van der Waals surface area contributed by atoms with E-state index in [-0.39, 0.29) is 10.8 Å². The molecule has 1 atom stereocenters. The SMILES string of the molecule is COC(=O)C(Br)CN1CCCc2ccccc21. The molecule has 1 unspecified atom stereocenters. The number of benzene rings is 1. The lowest BCUT2D eigenvalue weighted by Gasteiger charge is -2.32. The predicted molar refractivity (Wildman–Crippen MR) is 71.7 cm³/mol. The van der Waals surface area contributed by atoms with Gasteiger partial charge in [-0.1, -0.05) is 34.1 Å². The van der Waals surface area contributed by atoms with E-state index in [1.807, 2.05) is 6.07 Å². The molecule has 0 saturated carbocycles. The lowest BCUT2D eigenvalue weighted by molar-refractivity contribution is -0.139. The van der Waals surface area contributed by atoms with Crippen LogP contribution in [0.1, 0.15) is 12.0 Å². The molecule has 4 heteroatoms. The molecule has 0 fully saturated rings. The molecule has 0 spiro atoms. The highest BCUT2D eigenvalue weighted by atomic mass is 79.9. The van der Waals surface area contributed by atoms with Crippen LogP contribution in [0.2, 0.25) is 0 Å². The molecule has 1 aliphatic heterocycles. The first-order chi connectivity index (χ1) is 8.22. The van der Waals surface area contributed by atoms with Gasteiger partial charge in [0.15, 0.2) is 0 Å². The highest BCUT2D eigenvalue weighted by molar-refractivity contribution is 9.10. The summed E-state index contributed by atoms with van der Waals surface area (Å²) in [5, 5.41) is 0. The highest BCUT2D eigenvalue weighted by Gasteiger charge is 2.22. The van der Waals surface area contributed by atoms with Crippen molar-refractivity contribution in [2.75, 3.05) is 25.1 Å². The molecule has 0 bridgehead atoms. The number of alkyl halides is 1. The standard InChI is InChI=1S/C13H16BrNO2/c1-17-13(16)11(14)9-15-8-4-6-10-5-2-3-7-12(10)15/h2-3,5,7,11H,4,6,8-9H2,1H3. The molecular weight excluding hydrogens is 282 g/mol. The molecule has 17 heavy (non-hydrogen) atoms. The monoisotopic (exact) mass is 297 g/mol. The second-order valence-corrected chi connectivity index (χ2v) is 5.27. The zero-order valence-corrected chi connectivity index (χ0v) is 11.4. The van der Waals surface area contributed by atoms with Gasteiger partial charge in [-0.05, 0) is 24.5 Å². The minimum absolute atomic E-state index is 0.215. The minimum atomic E-state index is -0.265. The van der Waals surface area contributed by atoms with Crippen molar-refractivity contribution in [2.45, 2.75) is 17.7 Å². The van der Waals surface area contributed by atoms with Crippen LogP contribution in [0.5, 0.6) is 0 Å². The molecular formula is C13H16BrNO2. The number of hydrogen-bond acceptors (Lipinski definition) is 3. The third-order valence-electron chi connectivity index (χ3n) is 3.04. The predicted octanol–water partition coefficient (Wildman–Crippen LogP) is 2.38. The fourth-order valence-corrected chi connectivity index (χ4v) is 2.73. The Morgan fingerprint density at radius 1 is 1.53 bits per heavy atom. The summed E-state index contributed by atoms with van der Waals surface area (Å²) >= 11 is 3.37. The molecule has 0 saturated heterocycles. The van der Waals surface area contributed by atoms with Crippen molar-refractivity contribution in [3.05, 3.63) is 29.8 Å². The average molecular weight is 298 g/mol. The zero-order chi connectivity index (χ0) is 12.3. The Morgan fingerprint density at radius 3 is 3.06 bits per heavy atom. The number of carbonyl (C=O) groups is 1. The second-order valence-electron chi connectivity index (χ2n) is 4.17. The number of nitrogens with zero attached hydrogens (tertiary/aromatic N) is 1. The number of halogens is 1. The maximum Gasteiger partial charge on any atom is 0.321 e. The number of anilines is 1. The molecule has 1 aromatic carbocycles. The molecule has 0 aliphatic carbocycles. The minimum Gasteiger partial charge on any atom is -0.468 e. The van der Waals surface area contributed by atoms with Crippen molar-refractivity contribution < 1.29 is 9.53 Å². The third kappa shape index (κ3) is 2.80. The Morgan fingerprint density at radius 2 is 2.29 bits per heavy atom. The first kappa shape index (κ1) is 12.4. The summed E-state index contributed by atoms with van der Waals surface area (Å²) in [7, 11) is 1.42. The number of hydrogen-bond donors (Lipinski definition) is 0. The van der Waals surface area contributed by atoms with Crippen molar-refractivity contribution in [3.63, 3.8) is 0 Å². The van der Waals surface area contributed by atoms with Crippen LogP contribution in [-0.2, 0) is 16.0 Å². The number of fused-ring (bicyclic) bond motifs is 1. The van der Waals surface area contributed by atoms with Crippen LogP contribution in [0, 0.1) is 0 Å². The molecule has 0 N–H and O–H groups in total. The number of ether oxygens (including phenoxy) is 1. The van der Waals surface area contributed by atoms with Gasteiger partial charge in [0.05, 0.1) is 7.11 Å². The zero-order valence-electron chi connectivity index (χ0n) is 9.86. The molecule has 0 aromatic heterocycles. The fraction of sp³-hybridized carbons (Fsp3) is 0.462. The van der Waals surface area contributed by atoms with Crippen LogP contribution in [0.3, 0.4) is 0 Å². The van der Waals surface area contributed by atoms with E-state index in [2.05, 4.69) is 39.0 Å².